The van der Waals surface area contributed by atoms with E-state index in [0.717, 1.165) is 19.3 Å². The van der Waals surface area contributed by atoms with Crippen LogP contribution in [0, 0.1) is 24.6 Å². The van der Waals surface area contributed by atoms with Gasteiger partial charge < -0.3 is 14.2 Å². The van der Waals surface area contributed by atoms with Crippen molar-refractivity contribution in [1.29, 1.82) is 0 Å². The third-order valence-electron chi connectivity index (χ3n) is 6.33. The van der Waals surface area contributed by atoms with Crippen molar-refractivity contribution < 1.29 is 33.2 Å². The summed E-state index contributed by atoms with van der Waals surface area (Å²) in [6.07, 6.45) is 2.54. The van der Waals surface area contributed by atoms with Crippen LogP contribution < -0.4 is 14.2 Å². The minimum Gasteiger partial charge on any atom is -0.493 e. The number of sulfonamides is 1. The standard InChI is InChI=1S/C29H34FN3O6S.H2/c1-19(2)18-39-24-16-22(15-23(30)17-24)26-8-7-25(29(32-26)38-14-11-21-9-12-37-13-10-21)28(34)33-40(35,36)27-6-4-5-20(3)31-27;/h4-8,15-17,19,21H,9-14,18H2,1-3H3,(H,33,34);1H. The molecule has 1 aliphatic heterocycles. The van der Waals surface area contributed by atoms with Crippen molar-refractivity contribution in [1.82, 2.24) is 14.7 Å². The van der Waals surface area contributed by atoms with Crippen LogP contribution in [-0.2, 0) is 14.8 Å². The summed E-state index contributed by atoms with van der Waals surface area (Å²) in [5.41, 5.74) is 1.19. The van der Waals surface area contributed by atoms with E-state index in [1.165, 1.54) is 30.3 Å². The van der Waals surface area contributed by atoms with Gasteiger partial charge in [-0.15, -0.1) is 0 Å². The number of benzene rings is 1. The van der Waals surface area contributed by atoms with Crippen LogP contribution in [0.25, 0.3) is 11.3 Å². The van der Waals surface area contributed by atoms with Gasteiger partial charge in [0.1, 0.15) is 17.1 Å². The topological polar surface area (TPSA) is 117 Å². The summed E-state index contributed by atoms with van der Waals surface area (Å²) in [7, 11) is -4.25. The number of carbonyl (C=O) groups is 1. The Labute approximate surface area is 235 Å². The molecule has 0 unspecified atom stereocenters. The predicted molar refractivity (Wildman–Crippen MR) is 149 cm³/mol. The fourth-order valence-electron chi connectivity index (χ4n) is 4.20. The zero-order chi connectivity index (χ0) is 28.7. The van der Waals surface area contributed by atoms with Gasteiger partial charge >= 0.3 is 0 Å². The third kappa shape index (κ3) is 7.98. The van der Waals surface area contributed by atoms with Crippen molar-refractivity contribution in [2.24, 2.45) is 11.8 Å². The second kappa shape index (κ2) is 13.2. The number of aryl methyl sites for hydroxylation is 1. The molecule has 4 rings (SSSR count). The van der Waals surface area contributed by atoms with Gasteiger partial charge in [-0.3, -0.25) is 4.79 Å². The fraction of sp³-hybridized carbons (Fsp3) is 0.414. The van der Waals surface area contributed by atoms with E-state index in [0.29, 0.717) is 48.4 Å². The number of nitrogens with zero attached hydrogens (tertiary/aromatic N) is 2. The number of nitrogens with one attached hydrogen (secondary N) is 1. The smallest absolute Gasteiger partial charge is 0.281 e. The van der Waals surface area contributed by atoms with Crippen LogP contribution in [0.1, 0.15) is 50.6 Å². The molecule has 9 nitrogen and oxygen atoms in total. The number of pyridine rings is 2. The average molecular weight is 574 g/mol. The molecule has 0 saturated carbocycles. The van der Waals surface area contributed by atoms with E-state index in [9.17, 15) is 17.6 Å². The normalized spacial score (nSPS) is 14.2. The van der Waals surface area contributed by atoms with E-state index in [-0.39, 0.29) is 30.4 Å². The molecule has 1 N–H and O–H groups in total. The van der Waals surface area contributed by atoms with E-state index in [1.54, 1.807) is 25.1 Å². The molecular weight excluding hydrogens is 537 g/mol. The molecule has 11 heteroatoms. The Balaban J connectivity index is 0.00000462. The van der Waals surface area contributed by atoms with Crippen LogP contribution in [0.3, 0.4) is 0 Å². The monoisotopic (exact) mass is 573 g/mol. The van der Waals surface area contributed by atoms with Gasteiger partial charge in [0.2, 0.25) is 5.88 Å². The van der Waals surface area contributed by atoms with Gasteiger partial charge in [0, 0.05) is 32.0 Å². The number of amides is 1. The Morgan fingerprint density at radius 1 is 1.12 bits per heavy atom. The number of hydrogen-bond acceptors (Lipinski definition) is 8. The van der Waals surface area contributed by atoms with Gasteiger partial charge in [0.15, 0.2) is 5.03 Å². The maximum Gasteiger partial charge on any atom is 0.281 e. The van der Waals surface area contributed by atoms with E-state index >= 15 is 0 Å². The lowest BCUT2D eigenvalue weighted by Crippen LogP contribution is -2.31. The van der Waals surface area contributed by atoms with E-state index in [2.05, 4.69) is 14.7 Å². The zero-order valence-electron chi connectivity index (χ0n) is 22.9. The molecule has 40 heavy (non-hydrogen) atoms. The number of halogens is 1. The first kappa shape index (κ1) is 29.4. The second-order valence-electron chi connectivity index (χ2n) is 10.2. The van der Waals surface area contributed by atoms with Crippen molar-refractivity contribution in [2.45, 2.75) is 45.1 Å². The van der Waals surface area contributed by atoms with Crippen molar-refractivity contribution in [3.8, 4) is 22.9 Å². The summed E-state index contributed by atoms with van der Waals surface area (Å²) in [5, 5.41) is -0.277. The van der Waals surface area contributed by atoms with E-state index in [4.69, 9.17) is 14.2 Å². The lowest BCUT2D eigenvalue weighted by molar-refractivity contribution is 0.0591. The highest BCUT2D eigenvalue weighted by molar-refractivity contribution is 7.90. The molecule has 1 saturated heterocycles. The summed E-state index contributed by atoms with van der Waals surface area (Å²) in [5.74, 6) is -0.452. The van der Waals surface area contributed by atoms with Crippen LogP contribution in [-0.4, -0.2) is 50.7 Å². The Bertz CT molecular complexity index is 1450. The van der Waals surface area contributed by atoms with Gasteiger partial charge in [-0.2, -0.15) is 8.42 Å². The summed E-state index contributed by atoms with van der Waals surface area (Å²) in [4.78, 5) is 21.7. The SMILES string of the molecule is Cc1cccc(S(=O)(=O)NC(=O)c2ccc(-c3cc(F)cc(OCC(C)C)c3)nc2OCCC2CCOCC2)n1.[HH]. The lowest BCUT2D eigenvalue weighted by atomic mass is 9.97. The lowest BCUT2D eigenvalue weighted by Gasteiger charge is -2.22. The largest absolute Gasteiger partial charge is 0.493 e. The van der Waals surface area contributed by atoms with Gasteiger partial charge in [-0.25, -0.2) is 19.1 Å². The molecular formula is C29H36FN3O6S. The van der Waals surface area contributed by atoms with Gasteiger partial charge in [0.25, 0.3) is 15.9 Å². The summed E-state index contributed by atoms with van der Waals surface area (Å²) < 4.78 is 59.3. The molecule has 1 aliphatic rings. The molecule has 0 atom stereocenters. The Morgan fingerprint density at radius 2 is 1.90 bits per heavy atom. The molecule has 3 aromatic rings. The Hall–Kier alpha value is -3.57. The molecule has 3 heterocycles. The predicted octanol–water partition coefficient (Wildman–Crippen LogP) is 5.19. The van der Waals surface area contributed by atoms with E-state index < -0.39 is 21.7 Å². The first-order valence-electron chi connectivity index (χ1n) is 13.3. The third-order valence-corrected chi connectivity index (χ3v) is 7.56. The van der Waals surface area contributed by atoms with Gasteiger partial charge in [-0.1, -0.05) is 19.9 Å². The Morgan fingerprint density at radius 3 is 2.62 bits per heavy atom. The minimum absolute atomic E-state index is 0. The van der Waals surface area contributed by atoms with Crippen LogP contribution in [0.4, 0.5) is 4.39 Å². The molecule has 1 aromatic carbocycles. The molecule has 2 aromatic heterocycles. The highest BCUT2D eigenvalue weighted by Gasteiger charge is 2.24. The van der Waals surface area contributed by atoms with Gasteiger partial charge in [-0.05, 0) is 74.4 Å². The Kier molecular flexibility index (Phi) is 9.70. The van der Waals surface area contributed by atoms with Crippen molar-refractivity contribution >= 4 is 15.9 Å². The molecule has 0 aliphatic carbocycles. The van der Waals surface area contributed by atoms with Crippen LogP contribution in [0.2, 0.25) is 0 Å². The quantitative estimate of drug-likeness (QED) is 0.333. The minimum atomic E-state index is -4.25. The highest BCUT2D eigenvalue weighted by atomic mass is 32.2. The maximum atomic E-state index is 14.4. The zero-order valence-corrected chi connectivity index (χ0v) is 23.7. The second-order valence-corrected chi connectivity index (χ2v) is 11.8. The number of aromatic nitrogens is 2. The average Bonchev–Trinajstić information content (AvgIpc) is 2.92. The number of rotatable bonds is 11. The number of ether oxygens (including phenoxy) is 3. The van der Waals surface area contributed by atoms with Crippen molar-refractivity contribution in [2.75, 3.05) is 26.4 Å². The molecule has 0 bridgehead atoms. The molecule has 0 spiro atoms. The van der Waals surface area contributed by atoms with Crippen molar-refractivity contribution in [3.63, 3.8) is 0 Å². The molecule has 0 radical (unpaired) electrons. The molecule has 216 valence electrons. The molecule has 1 fully saturated rings. The highest BCUT2D eigenvalue weighted by Crippen LogP contribution is 2.29. The van der Waals surface area contributed by atoms with Crippen LogP contribution >= 0.6 is 0 Å². The van der Waals surface area contributed by atoms with Gasteiger partial charge in [0.05, 0.1) is 18.9 Å². The van der Waals surface area contributed by atoms with Crippen LogP contribution in [0.5, 0.6) is 11.6 Å². The molecule has 1 amide bonds. The van der Waals surface area contributed by atoms with Crippen LogP contribution in [0.15, 0.2) is 53.6 Å². The maximum absolute atomic E-state index is 14.4. The first-order chi connectivity index (χ1) is 19.1. The number of carbonyl (C=O) groups excluding carboxylic acids is 1. The van der Waals surface area contributed by atoms with Crippen molar-refractivity contribution in [3.05, 3.63) is 65.6 Å². The van der Waals surface area contributed by atoms with E-state index in [1.807, 2.05) is 13.8 Å². The first-order valence-corrected chi connectivity index (χ1v) is 14.7. The summed E-state index contributed by atoms with van der Waals surface area (Å²) in [6.45, 7) is 7.70. The number of hydrogen-bond donors (Lipinski definition) is 1. The fourth-order valence-corrected chi connectivity index (χ4v) is 5.18. The summed E-state index contributed by atoms with van der Waals surface area (Å²) in [6, 6.07) is 11.7. The summed E-state index contributed by atoms with van der Waals surface area (Å²) >= 11 is 0.